The highest BCUT2D eigenvalue weighted by atomic mass is 32.2. The molecule has 2 aromatic rings. The number of aryl methyl sites for hydroxylation is 1. The van der Waals surface area contributed by atoms with Crippen LogP contribution < -0.4 is 15.0 Å². The lowest BCUT2D eigenvalue weighted by molar-refractivity contribution is 0.230. The second-order valence-electron chi connectivity index (χ2n) is 5.68. The fourth-order valence-electron chi connectivity index (χ4n) is 2.47. The molecular weight excluding hydrogens is 324 g/mol. The van der Waals surface area contributed by atoms with Gasteiger partial charge >= 0.3 is 0 Å². The van der Waals surface area contributed by atoms with Crippen LogP contribution in [-0.4, -0.2) is 29.4 Å². The minimum absolute atomic E-state index is 0.0718. The average Bonchev–Trinajstić information content (AvgIpc) is 2.57. The van der Waals surface area contributed by atoms with E-state index >= 15 is 0 Å². The number of H-pyrrole nitrogens is 1. The molecule has 0 saturated heterocycles. The first-order valence-electron chi connectivity index (χ1n) is 7.98. The van der Waals surface area contributed by atoms with Crippen LogP contribution in [0.1, 0.15) is 37.6 Å². The summed E-state index contributed by atoms with van der Waals surface area (Å²) in [6.07, 6.45) is 3.20. The lowest BCUT2D eigenvalue weighted by atomic mass is 10.0. The second-order valence-corrected chi connectivity index (χ2v) is 6.48. The third-order valence-electron chi connectivity index (χ3n) is 3.58. The van der Waals surface area contributed by atoms with Gasteiger partial charge in [-0.25, -0.2) is 4.98 Å². The van der Waals surface area contributed by atoms with Crippen molar-refractivity contribution in [2.75, 3.05) is 13.4 Å². The molecular formula is C18H24N2O3S. The van der Waals surface area contributed by atoms with Gasteiger partial charge in [0, 0.05) is 12.0 Å². The molecule has 1 heterocycles. The van der Waals surface area contributed by atoms with Crippen LogP contribution in [0.4, 0.5) is 0 Å². The van der Waals surface area contributed by atoms with Crippen LogP contribution in [-0.2, 0) is 12.8 Å². The highest BCUT2D eigenvalue weighted by Gasteiger charge is 2.13. The summed E-state index contributed by atoms with van der Waals surface area (Å²) in [6.45, 7) is 5.95. The Bertz CT molecular complexity index is 756. The van der Waals surface area contributed by atoms with Gasteiger partial charge in [0.2, 0.25) is 0 Å². The number of thioether (sulfide) groups is 1. The fraction of sp³-hybridized carbons (Fsp3) is 0.444. The highest BCUT2D eigenvalue weighted by Crippen LogP contribution is 2.29. The van der Waals surface area contributed by atoms with E-state index in [1.54, 1.807) is 7.11 Å². The highest BCUT2D eigenvalue weighted by molar-refractivity contribution is 7.98. The van der Waals surface area contributed by atoms with E-state index < -0.39 is 0 Å². The smallest absolute Gasteiger partial charge is 0.255 e. The molecule has 0 amide bonds. The standard InChI is InChI=1S/C18H24N2O3S/c1-6-14-13(17(21)20-18(19-14)24-5)9-12-7-8-15(23-11(2)3)16(10-12)22-4/h7-8,10-11H,6,9H2,1-5H3,(H,19,20,21). The van der Waals surface area contributed by atoms with Gasteiger partial charge in [0.15, 0.2) is 16.7 Å². The minimum Gasteiger partial charge on any atom is -0.493 e. The third-order valence-corrected chi connectivity index (χ3v) is 4.16. The van der Waals surface area contributed by atoms with Gasteiger partial charge in [0.05, 0.1) is 18.9 Å². The van der Waals surface area contributed by atoms with E-state index in [1.165, 1.54) is 11.8 Å². The summed E-state index contributed by atoms with van der Waals surface area (Å²) in [5.74, 6) is 1.38. The predicted octanol–water partition coefficient (Wildman–Crippen LogP) is 3.44. The summed E-state index contributed by atoms with van der Waals surface area (Å²) in [4.78, 5) is 19.7. The average molecular weight is 348 g/mol. The first-order valence-corrected chi connectivity index (χ1v) is 9.20. The van der Waals surface area contributed by atoms with E-state index in [9.17, 15) is 4.79 Å². The van der Waals surface area contributed by atoms with E-state index in [2.05, 4.69) is 9.97 Å². The number of nitrogens with zero attached hydrogens (tertiary/aromatic N) is 1. The van der Waals surface area contributed by atoms with Crippen molar-refractivity contribution in [1.29, 1.82) is 0 Å². The maximum absolute atomic E-state index is 12.4. The number of aromatic nitrogens is 2. The molecule has 5 nitrogen and oxygen atoms in total. The van der Waals surface area contributed by atoms with Crippen LogP contribution in [0, 0.1) is 0 Å². The Kier molecular flexibility index (Phi) is 6.31. The van der Waals surface area contributed by atoms with Crippen molar-refractivity contribution < 1.29 is 9.47 Å². The van der Waals surface area contributed by atoms with Gasteiger partial charge in [0.25, 0.3) is 5.56 Å². The summed E-state index contributed by atoms with van der Waals surface area (Å²) < 4.78 is 11.2. The van der Waals surface area contributed by atoms with Crippen LogP contribution in [0.2, 0.25) is 0 Å². The maximum atomic E-state index is 12.4. The molecule has 6 heteroatoms. The monoisotopic (exact) mass is 348 g/mol. The number of aromatic amines is 1. The minimum atomic E-state index is -0.0762. The quantitative estimate of drug-likeness (QED) is 0.613. The Hall–Kier alpha value is -1.95. The SMILES string of the molecule is CCc1nc(SC)[nH]c(=O)c1Cc1ccc(OC(C)C)c(OC)c1. The van der Waals surface area contributed by atoms with Crippen molar-refractivity contribution >= 4 is 11.8 Å². The maximum Gasteiger partial charge on any atom is 0.255 e. The number of benzene rings is 1. The second kappa shape index (κ2) is 8.24. The van der Waals surface area contributed by atoms with Gasteiger partial charge in [-0.15, -0.1) is 0 Å². The predicted molar refractivity (Wildman–Crippen MR) is 97.6 cm³/mol. The van der Waals surface area contributed by atoms with Crippen LogP contribution in [0.15, 0.2) is 28.2 Å². The molecule has 1 aromatic heterocycles. The Morgan fingerprint density at radius 2 is 2.04 bits per heavy atom. The number of methoxy groups -OCH3 is 1. The topological polar surface area (TPSA) is 64.2 Å². The molecule has 0 saturated carbocycles. The van der Waals surface area contributed by atoms with Crippen molar-refractivity contribution in [3.05, 3.63) is 45.4 Å². The zero-order valence-corrected chi connectivity index (χ0v) is 15.6. The molecule has 24 heavy (non-hydrogen) atoms. The molecule has 0 bridgehead atoms. The van der Waals surface area contributed by atoms with Crippen LogP contribution >= 0.6 is 11.8 Å². The van der Waals surface area contributed by atoms with Crippen molar-refractivity contribution in [1.82, 2.24) is 9.97 Å². The molecule has 0 unspecified atom stereocenters. The summed E-state index contributed by atoms with van der Waals surface area (Å²) in [5.41, 5.74) is 2.45. The van der Waals surface area contributed by atoms with Crippen LogP contribution in [0.3, 0.4) is 0 Å². The molecule has 2 rings (SSSR count). The number of rotatable bonds is 7. The van der Waals surface area contributed by atoms with Gasteiger partial charge in [-0.05, 0) is 44.2 Å². The molecule has 1 aromatic carbocycles. The van der Waals surface area contributed by atoms with E-state index in [1.807, 2.05) is 45.2 Å². The molecule has 1 N–H and O–H groups in total. The molecule has 0 aliphatic carbocycles. The molecule has 0 fully saturated rings. The first-order chi connectivity index (χ1) is 11.5. The number of hydrogen-bond donors (Lipinski definition) is 1. The third kappa shape index (κ3) is 4.32. The first kappa shape index (κ1) is 18.4. The summed E-state index contributed by atoms with van der Waals surface area (Å²) in [6, 6.07) is 5.76. The molecule has 0 radical (unpaired) electrons. The Morgan fingerprint density at radius 1 is 1.29 bits per heavy atom. The largest absolute Gasteiger partial charge is 0.493 e. The van der Waals surface area contributed by atoms with Crippen LogP contribution in [0.25, 0.3) is 0 Å². The van der Waals surface area contributed by atoms with Crippen LogP contribution in [0.5, 0.6) is 11.5 Å². The van der Waals surface area contributed by atoms with Gasteiger partial charge < -0.3 is 14.5 Å². The molecule has 0 aliphatic heterocycles. The van der Waals surface area contributed by atoms with Crippen molar-refractivity contribution in [2.24, 2.45) is 0 Å². The van der Waals surface area contributed by atoms with Crippen molar-refractivity contribution in [3.63, 3.8) is 0 Å². The lowest BCUT2D eigenvalue weighted by Crippen LogP contribution is -2.19. The van der Waals surface area contributed by atoms with Gasteiger partial charge in [-0.3, -0.25) is 4.79 Å². The Labute approximate surface area is 146 Å². The summed E-state index contributed by atoms with van der Waals surface area (Å²) in [7, 11) is 1.62. The lowest BCUT2D eigenvalue weighted by Gasteiger charge is -2.15. The summed E-state index contributed by atoms with van der Waals surface area (Å²) in [5, 5.41) is 0.652. The molecule has 0 aliphatic rings. The van der Waals surface area contributed by atoms with Crippen molar-refractivity contribution in [2.45, 2.75) is 44.9 Å². The number of nitrogens with one attached hydrogen (secondary N) is 1. The molecule has 130 valence electrons. The summed E-state index contributed by atoms with van der Waals surface area (Å²) >= 11 is 1.44. The van der Waals surface area contributed by atoms with E-state index in [4.69, 9.17) is 9.47 Å². The van der Waals surface area contributed by atoms with E-state index in [-0.39, 0.29) is 11.7 Å². The Morgan fingerprint density at radius 3 is 2.62 bits per heavy atom. The fourth-order valence-corrected chi connectivity index (χ4v) is 2.87. The van der Waals surface area contributed by atoms with Gasteiger partial charge in [-0.1, -0.05) is 24.8 Å². The van der Waals surface area contributed by atoms with Gasteiger partial charge in [0.1, 0.15) is 0 Å². The normalized spacial score (nSPS) is 10.9. The molecule has 0 atom stereocenters. The molecule has 0 spiro atoms. The zero-order chi connectivity index (χ0) is 17.7. The zero-order valence-electron chi connectivity index (χ0n) is 14.8. The van der Waals surface area contributed by atoms with Crippen molar-refractivity contribution in [3.8, 4) is 11.5 Å². The number of ether oxygens (including phenoxy) is 2. The Balaban J connectivity index is 2.36. The van der Waals surface area contributed by atoms with E-state index in [0.29, 0.717) is 28.6 Å². The van der Waals surface area contributed by atoms with Gasteiger partial charge in [-0.2, -0.15) is 0 Å². The number of hydrogen-bond acceptors (Lipinski definition) is 5. The van der Waals surface area contributed by atoms with E-state index in [0.717, 1.165) is 17.7 Å².